The highest BCUT2D eigenvalue weighted by atomic mass is 16.5. The van der Waals surface area contributed by atoms with Crippen LogP contribution in [0.3, 0.4) is 0 Å². The number of hydrogen-bond donors (Lipinski definition) is 2. The molecule has 13 heteroatoms. The summed E-state index contributed by atoms with van der Waals surface area (Å²) in [5, 5.41) is 0. The Bertz CT molecular complexity index is 1430. The molecule has 1 fully saturated rings. The third-order valence-corrected chi connectivity index (χ3v) is 7.83. The fourth-order valence-corrected chi connectivity index (χ4v) is 5.21. The van der Waals surface area contributed by atoms with Crippen molar-refractivity contribution in [1.82, 2.24) is 34.2 Å². The van der Waals surface area contributed by atoms with Crippen LogP contribution in [0.15, 0.2) is 29.1 Å². The number of carbonyl (C=O) groups is 2. The van der Waals surface area contributed by atoms with Gasteiger partial charge in [-0.3, -0.25) is 19.1 Å². The predicted octanol–water partition coefficient (Wildman–Crippen LogP) is 1.65. The summed E-state index contributed by atoms with van der Waals surface area (Å²) < 4.78 is 11.9. The normalized spacial score (nSPS) is 15.3. The van der Waals surface area contributed by atoms with E-state index in [1.54, 1.807) is 0 Å². The summed E-state index contributed by atoms with van der Waals surface area (Å²) in [6.45, 7) is 5.76. The second kappa shape index (κ2) is 15.0. The molecule has 43 heavy (non-hydrogen) atoms. The number of H-pyrrole nitrogens is 1. The van der Waals surface area contributed by atoms with Gasteiger partial charge in [-0.25, -0.2) is 4.79 Å². The van der Waals surface area contributed by atoms with E-state index in [0.29, 0.717) is 56.4 Å². The van der Waals surface area contributed by atoms with Crippen LogP contribution in [-0.2, 0) is 33.8 Å². The minimum Gasteiger partial charge on any atom is -0.469 e. The number of likely N-dealkylation sites (tertiary alicyclic amines) is 1. The van der Waals surface area contributed by atoms with E-state index in [-0.39, 0.29) is 35.8 Å². The number of unbranched alkanes of at least 4 members (excludes halogenated alkanes) is 1. The first kappa shape index (κ1) is 32.0. The zero-order valence-corrected chi connectivity index (χ0v) is 25.7. The highest BCUT2D eigenvalue weighted by Gasteiger charge is 2.27. The number of aryl methyl sites for hydroxylation is 1. The van der Waals surface area contributed by atoms with Crippen molar-refractivity contribution in [1.29, 1.82) is 0 Å². The Labute approximate surface area is 252 Å². The Morgan fingerprint density at radius 1 is 1.14 bits per heavy atom. The quantitative estimate of drug-likeness (QED) is 0.196. The van der Waals surface area contributed by atoms with Gasteiger partial charge in [-0.05, 0) is 44.5 Å². The van der Waals surface area contributed by atoms with Crippen molar-refractivity contribution in [2.75, 3.05) is 59.7 Å². The van der Waals surface area contributed by atoms with E-state index >= 15 is 0 Å². The van der Waals surface area contributed by atoms with Crippen molar-refractivity contribution in [3.05, 3.63) is 45.9 Å². The summed E-state index contributed by atoms with van der Waals surface area (Å²) in [6.07, 6.45) is 3.57. The molecule has 0 bridgehead atoms. The minimum atomic E-state index is -0.340. The Kier molecular flexibility index (Phi) is 11.1. The molecule has 1 saturated heterocycles. The number of anilines is 1. The number of aromatic nitrogens is 4. The van der Waals surface area contributed by atoms with Gasteiger partial charge in [0.05, 0.1) is 26.7 Å². The number of benzene rings is 1. The first-order valence-corrected chi connectivity index (χ1v) is 14.9. The van der Waals surface area contributed by atoms with E-state index in [0.717, 1.165) is 43.5 Å². The van der Waals surface area contributed by atoms with Gasteiger partial charge in [-0.2, -0.15) is 9.97 Å². The summed E-state index contributed by atoms with van der Waals surface area (Å²) in [5.74, 6) is -0.116. The molecule has 1 aromatic carbocycles. The number of amides is 1. The van der Waals surface area contributed by atoms with E-state index in [1.807, 2.05) is 29.2 Å². The molecule has 3 heterocycles. The van der Waals surface area contributed by atoms with Crippen molar-refractivity contribution in [2.24, 2.45) is 0 Å². The van der Waals surface area contributed by atoms with Gasteiger partial charge in [0.1, 0.15) is 5.52 Å². The Hall–Kier alpha value is -3.97. The van der Waals surface area contributed by atoms with Crippen molar-refractivity contribution < 1.29 is 19.1 Å². The third kappa shape index (κ3) is 8.54. The Morgan fingerprint density at radius 2 is 1.88 bits per heavy atom. The van der Waals surface area contributed by atoms with Gasteiger partial charge in [-0.15, -0.1) is 0 Å². The van der Waals surface area contributed by atoms with Gasteiger partial charge in [0.2, 0.25) is 5.91 Å². The van der Waals surface area contributed by atoms with Crippen molar-refractivity contribution in [3.63, 3.8) is 0 Å². The summed E-state index contributed by atoms with van der Waals surface area (Å²) in [4.78, 5) is 55.7. The van der Waals surface area contributed by atoms with E-state index < -0.39 is 0 Å². The van der Waals surface area contributed by atoms with Crippen molar-refractivity contribution >= 4 is 28.9 Å². The monoisotopic (exact) mass is 596 g/mol. The second-order valence-electron chi connectivity index (χ2n) is 11.3. The number of methoxy groups -OCH3 is 1. The van der Waals surface area contributed by atoms with Crippen LogP contribution in [-0.4, -0.2) is 106 Å². The maximum atomic E-state index is 13.6. The summed E-state index contributed by atoms with van der Waals surface area (Å²) in [6, 6.07) is 8.20. The summed E-state index contributed by atoms with van der Waals surface area (Å²) >= 11 is 0. The number of rotatable bonds is 15. The zero-order chi connectivity index (χ0) is 30.9. The number of hydrogen-bond acceptors (Lipinski definition) is 10. The SMILES string of the molecule is CCCCOc1nc(N)c2[nH]c(=O)n(CCCN(Cc3ccc(CC(=O)OC)cc3)C(=O)CN3CC[C@H](N(C)C)C3)c2n1. The molecule has 0 spiro atoms. The van der Waals surface area contributed by atoms with Crippen LogP contribution in [0, 0.1) is 0 Å². The van der Waals surface area contributed by atoms with E-state index in [9.17, 15) is 14.4 Å². The van der Waals surface area contributed by atoms with E-state index in [2.05, 4.69) is 45.8 Å². The molecule has 0 saturated carbocycles. The fourth-order valence-electron chi connectivity index (χ4n) is 5.21. The third-order valence-electron chi connectivity index (χ3n) is 7.83. The largest absolute Gasteiger partial charge is 0.469 e. The number of fused-ring (bicyclic) bond motifs is 1. The minimum absolute atomic E-state index is 0.0301. The zero-order valence-electron chi connectivity index (χ0n) is 25.7. The lowest BCUT2D eigenvalue weighted by Crippen LogP contribution is -2.41. The van der Waals surface area contributed by atoms with Crippen LogP contribution in [0.4, 0.5) is 5.82 Å². The fraction of sp³-hybridized carbons (Fsp3) is 0.567. The first-order valence-electron chi connectivity index (χ1n) is 14.9. The number of likely N-dealkylation sites (N-methyl/N-ethyl adjacent to an activating group) is 1. The van der Waals surface area contributed by atoms with Crippen LogP contribution in [0.1, 0.15) is 43.7 Å². The number of nitrogens with zero attached hydrogens (tertiary/aromatic N) is 6. The molecule has 4 rings (SSSR count). The lowest BCUT2D eigenvalue weighted by Gasteiger charge is -2.26. The molecule has 1 atom stereocenters. The molecule has 2 aromatic heterocycles. The second-order valence-corrected chi connectivity index (χ2v) is 11.3. The maximum absolute atomic E-state index is 13.6. The smallest absolute Gasteiger partial charge is 0.327 e. The molecule has 3 aromatic rings. The number of ether oxygens (including phenoxy) is 2. The molecule has 1 amide bonds. The molecule has 13 nitrogen and oxygen atoms in total. The number of nitrogens with two attached hydrogens (primary N) is 1. The van der Waals surface area contributed by atoms with Crippen LogP contribution >= 0.6 is 0 Å². The highest BCUT2D eigenvalue weighted by Crippen LogP contribution is 2.19. The Morgan fingerprint density at radius 3 is 2.56 bits per heavy atom. The standard InChI is InChI=1S/C30H44N8O5/c1-5-6-16-43-29-33-27(31)26-28(34-29)38(30(41)32-26)14-7-13-37(24(39)20-36-15-12-23(19-36)35(2)3)18-22-10-8-21(9-11-22)17-25(40)42-4/h8-11,23H,5-7,12-20H2,1-4H3,(H,32,41)(H2,31,33,34)/t23-/m0/s1. The highest BCUT2D eigenvalue weighted by molar-refractivity contribution is 5.82. The van der Waals surface area contributed by atoms with E-state index in [1.165, 1.54) is 11.7 Å². The van der Waals surface area contributed by atoms with Gasteiger partial charge >= 0.3 is 17.7 Å². The molecule has 1 aliphatic rings. The molecule has 0 unspecified atom stereocenters. The lowest BCUT2D eigenvalue weighted by molar-refractivity contribution is -0.139. The summed E-state index contributed by atoms with van der Waals surface area (Å²) in [7, 11) is 5.50. The number of imidazole rings is 1. The van der Waals surface area contributed by atoms with Gasteiger partial charge < -0.3 is 30.0 Å². The van der Waals surface area contributed by atoms with Gasteiger partial charge in [0.25, 0.3) is 0 Å². The molecule has 1 aliphatic heterocycles. The predicted molar refractivity (Wildman–Crippen MR) is 164 cm³/mol. The summed E-state index contributed by atoms with van der Waals surface area (Å²) in [5.41, 5.74) is 8.31. The molecule has 0 radical (unpaired) electrons. The number of nitrogens with one attached hydrogen (secondary N) is 1. The van der Waals surface area contributed by atoms with Crippen LogP contribution in [0.2, 0.25) is 0 Å². The van der Waals surface area contributed by atoms with Crippen LogP contribution < -0.4 is 16.2 Å². The lowest BCUT2D eigenvalue weighted by atomic mass is 10.1. The topological polar surface area (TPSA) is 152 Å². The first-order chi connectivity index (χ1) is 20.7. The van der Waals surface area contributed by atoms with Crippen molar-refractivity contribution in [3.8, 4) is 6.01 Å². The number of nitrogen functional groups attached to an aromatic ring is 1. The molecule has 234 valence electrons. The van der Waals surface area contributed by atoms with Gasteiger partial charge in [0, 0.05) is 38.8 Å². The average molecular weight is 597 g/mol. The van der Waals surface area contributed by atoms with Crippen molar-refractivity contribution in [2.45, 2.75) is 58.2 Å². The average Bonchev–Trinajstić information content (AvgIpc) is 3.58. The number of esters is 1. The molecule has 3 N–H and O–H groups in total. The molecular weight excluding hydrogens is 552 g/mol. The van der Waals surface area contributed by atoms with Gasteiger partial charge in [0.15, 0.2) is 11.5 Å². The Balaban J connectivity index is 1.47. The van der Waals surface area contributed by atoms with Crippen LogP contribution in [0.25, 0.3) is 11.2 Å². The number of aromatic amines is 1. The molecule has 0 aliphatic carbocycles. The van der Waals surface area contributed by atoms with Gasteiger partial charge in [-0.1, -0.05) is 37.6 Å². The van der Waals surface area contributed by atoms with Crippen LogP contribution in [0.5, 0.6) is 6.01 Å². The maximum Gasteiger partial charge on any atom is 0.327 e. The molecular formula is C30H44N8O5. The van der Waals surface area contributed by atoms with E-state index in [4.69, 9.17) is 15.2 Å². The number of carbonyl (C=O) groups excluding carboxylic acids is 2.